The first kappa shape index (κ1) is 18.5. The third-order valence-corrected chi connectivity index (χ3v) is 4.85. The van der Waals surface area contributed by atoms with E-state index in [0.29, 0.717) is 5.75 Å². The van der Waals surface area contributed by atoms with Crippen molar-refractivity contribution in [3.8, 4) is 22.6 Å². The lowest BCUT2D eigenvalue weighted by Gasteiger charge is -2.08. The maximum absolute atomic E-state index is 11.1. The molecule has 0 spiro atoms. The molecule has 3 nitrogen and oxygen atoms in total. The van der Waals surface area contributed by atoms with E-state index in [4.69, 9.17) is 9.47 Å². The molecule has 0 amide bonds. The zero-order valence-electron chi connectivity index (χ0n) is 15.8. The second-order valence-corrected chi connectivity index (χ2v) is 7.02. The number of hydrogen-bond donors (Lipinski definition) is 0. The van der Waals surface area contributed by atoms with Gasteiger partial charge >= 0.3 is 5.97 Å². The highest BCUT2D eigenvalue weighted by Crippen LogP contribution is 2.39. The van der Waals surface area contributed by atoms with E-state index < -0.39 is 0 Å². The third kappa shape index (κ3) is 4.66. The van der Waals surface area contributed by atoms with Crippen LogP contribution in [-0.2, 0) is 11.2 Å². The Balaban J connectivity index is 1.56. The van der Waals surface area contributed by atoms with Crippen LogP contribution < -0.4 is 9.47 Å². The van der Waals surface area contributed by atoms with Gasteiger partial charge in [0, 0.05) is 6.92 Å². The largest absolute Gasteiger partial charge is 0.494 e. The second-order valence-electron chi connectivity index (χ2n) is 7.02. The van der Waals surface area contributed by atoms with Gasteiger partial charge < -0.3 is 9.47 Å². The first-order chi connectivity index (χ1) is 12.7. The van der Waals surface area contributed by atoms with Gasteiger partial charge in [0.2, 0.25) is 0 Å². The molecule has 0 aliphatic heterocycles. The number of rotatable bonds is 9. The molecular formula is C23H28O3. The lowest BCUT2D eigenvalue weighted by molar-refractivity contribution is -0.131. The summed E-state index contributed by atoms with van der Waals surface area (Å²) < 4.78 is 11.1. The Morgan fingerprint density at radius 3 is 2.19 bits per heavy atom. The number of hydrogen-bond acceptors (Lipinski definition) is 3. The van der Waals surface area contributed by atoms with E-state index in [9.17, 15) is 4.79 Å². The molecule has 0 N–H and O–H groups in total. The minimum atomic E-state index is -0.286. The van der Waals surface area contributed by atoms with Gasteiger partial charge in [-0.05, 0) is 59.4 Å². The van der Waals surface area contributed by atoms with E-state index in [2.05, 4.69) is 25.1 Å². The number of ether oxygens (including phenoxy) is 2. The van der Waals surface area contributed by atoms with Crippen molar-refractivity contribution in [2.45, 2.75) is 58.8 Å². The van der Waals surface area contributed by atoms with Crippen molar-refractivity contribution in [1.82, 2.24) is 0 Å². The van der Waals surface area contributed by atoms with Gasteiger partial charge in [0.05, 0.1) is 6.61 Å². The van der Waals surface area contributed by atoms with Crippen molar-refractivity contribution in [2.75, 3.05) is 6.61 Å². The number of carbonyl (C=O) groups excluding carboxylic acids is 1. The molecule has 0 radical (unpaired) electrons. The summed E-state index contributed by atoms with van der Waals surface area (Å²) in [5, 5.41) is 0. The van der Waals surface area contributed by atoms with Crippen LogP contribution in [0.5, 0.6) is 11.5 Å². The van der Waals surface area contributed by atoms with E-state index in [1.165, 1.54) is 61.3 Å². The Labute approximate surface area is 156 Å². The first-order valence-electron chi connectivity index (χ1n) is 9.75. The first-order valence-corrected chi connectivity index (χ1v) is 9.75. The van der Waals surface area contributed by atoms with E-state index in [0.717, 1.165) is 25.2 Å². The van der Waals surface area contributed by atoms with Crippen LogP contribution in [0.25, 0.3) is 11.1 Å². The van der Waals surface area contributed by atoms with E-state index >= 15 is 0 Å². The van der Waals surface area contributed by atoms with Gasteiger partial charge in [-0.25, -0.2) is 0 Å². The molecule has 3 rings (SSSR count). The van der Waals surface area contributed by atoms with Crippen molar-refractivity contribution in [3.63, 3.8) is 0 Å². The molecule has 1 aliphatic carbocycles. The molecule has 3 heteroatoms. The summed E-state index contributed by atoms with van der Waals surface area (Å²) in [6.07, 6.45) is 8.49. The predicted molar refractivity (Wildman–Crippen MR) is 105 cm³/mol. The molecule has 26 heavy (non-hydrogen) atoms. The zero-order chi connectivity index (χ0) is 18.4. The summed E-state index contributed by atoms with van der Waals surface area (Å²) in [6, 6.07) is 12.2. The fraction of sp³-hybridized carbons (Fsp3) is 0.435. The summed E-state index contributed by atoms with van der Waals surface area (Å²) in [7, 11) is 0. The molecule has 0 saturated heterocycles. The van der Waals surface area contributed by atoms with Crippen LogP contribution in [0, 0.1) is 0 Å². The normalized spacial score (nSPS) is 11.8. The quantitative estimate of drug-likeness (QED) is 0.272. The third-order valence-electron chi connectivity index (χ3n) is 4.85. The van der Waals surface area contributed by atoms with Gasteiger partial charge in [-0.2, -0.15) is 0 Å². The van der Waals surface area contributed by atoms with Gasteiger partial charge in [0.15, 0.2) is 0 Å². The van der Waals surface area contributed by atoms with Crippen molar-refractivity contribution in [2.24, 2.45) is 0 Å². The summed E-state index contributed by atoms with van der Waals surface area (Å²) in [5.74, 6) is 1.28. The molecule has 1 aliphatic rings. The maximum atomic E-state index is 11.1. The fourth-order valence-electron chi connectivity index (χ4n) is 3.56. The van der Waals surface area contributed by atoms with Crippen molar-refractivity contribution in [3.05, 3.63) is 47.5 Å². The average molecular weight is 352 g/mol. The van der Waals surface area contributed by atoms with Gasteiger partial charge in [0.25, 0.3) is 0 Å². The minimum absolute atomic E-state index is 0.286. The molecule has 0 heterocycles. The topological polar surface area (TPSA) is 35.5 Å². The Kier molecular flexibility index (Phi) is 6.32. The smallest absolute Gasteiger partial charge is 0.308 e. The molecule has 2 aromatic rings. The molecule has 0 saturated carbocycles. The Hall–Kier alpha value is -2.29. The van der Waals surface area contributed by atoms with Crippen LogP contribution in [0.1, 0.15) is 63.5 Å². The molecule has 0 atom stereocenters. The highest BCUT2D eigenvalue weighted by atomic mass is 16.5. The molecule has 0 unspecified atom stereocenters. The van der Waals surface area contributed by atoms with Crippen LogP contribution >= 0.6 is 0 Å². The van der Waals surface area contributed by atoms with Crippen LogP contribution in [-0.4, -0.2) is 12.6 Å². The molecule has 0 fully saturated rings. The number of benzene rings is 2. The zero-order valence-corrected chi connectivity index (χ0v) is 15.8. The van der Waals surface area contributed by atoms with Gasteiger partial charge in [-0.15, -0.1) is 0 Å². The van der Waals surface area contributed by atoms with Crippen LogP contribution in [0.2, 0.25) is 0 Å². The predicted octanol–water partition coefficient (Wildman–Crippen LogP) is 5.92. The minimum Gasteiger partial charge on any atom is -0.494 e. The van der Waals surface area contributed by atoms with Crippen molar-refractivity contribution >= 4 is 5.97 Å². The summed E-state index contributed by atoms with van der Waals surface area (Å²) in [4.78, 5) is 11.1. The molecule has 2 aromatic carbocycles. The number of fused-ring (bicyclic) bond motifs is 3. The van der Waals surface area contributed by atoms with E-state index in [1.807, 2.05) is 18.2 Å². The molecule has 0 bridgehead atoms. The maximum Gasteiger partial charge on any atom is 0.308 e. The van der Waals surface area contributed by atoms with Gasteiger partial charge in [0.1, 0.15) is 11.5 Å². The Morgan fingerprint density at radius 2 is 1.50 bits per heavy atom. The Morgan fingerprint density at radius 1 is 0.885 bits per heavy atom. The standard InChI is InChI=1S/C23H28O3/c1-3-4-5-6-7-8-13-25-20-9-11-22-18(15-20)14-19-16-21(26-17(2)24)10-12-23(19)22/h9-12,15-16H,3-8,13-14H2,1-2H3. The molecule has 138 valence electrons. The van der Waals surface area contributed by atoms with E-state index in [1.54, 1.807) is 0 Å². The van der Waals surface area contributed by atoms with Gasteiger partial charge in [-0.3, -0.25) is 4.79 Å². The van der Waals surface area contributed by atoms with Crippen LogP contribution in [0.15, 0.2) is 36.4 Å². The number of unbranched alkanes of at least 4 members (excludes halogenated alkanes) is 5. The summed E-state index contributed by atoms with van der Waals surface area (Å²) in [6.45, 7) is 4.45. The Bertz CT molecular complexity index is 764. The monoisotopic (exact) mass is 352 g/mol. The van der Waals surface area contributed by atoms with Crippen molar-refractivity contribution < 1.29 is 14.3 Å². The number of esters is 1. The summed E-state index contributed by atoms with van der Waals surface area (Å²) >= 11 is 0. The lowest BCUT2D eigenvalue weighted by atomic mass is 10.1. The van der Waals surface area contributed by atoms with E-state index in [-0.39, 0.29) is 5.97 Å². The number of carbonyl (C=O) groups is 1. The van der Waals surface area contributed by atoms with Crippen molar-refractivity contribution in [1.29, 1.82) is 0 Å². The van der Waals surface area contributed by atoms with Gasteiger partial charge in [-0.1, -0.05) is 51.2 Å². The molecular weight excluding hydrogens is 324 g/mol. The summed E-state index contributed by atoms with van der Waals surface area (Å²) in [5.41, 5.74) is 4.95. The average Bonchev–Trinajstić information content (AvgIpc) is 2.97. The molecule has 0 aromatic heterocycles. The highest BCUT2D eigenvalue weighted by molar-refractivity contribution is 5.79. The highest BCUT2D eigenvalue weighted by Gasteiger charge is 2.19. The fourth-order valence-corrected chi connectivity index (χ4v) is 3.56. The second kappa shape index (κ2) is 8.88. The van der Waals surface area contributed by atoms with Crippen LogP contribution in [0.3, 0.4) is 0 Å². The SMILES string of the molecule is CCCCCCCCOc1ccc2c(c1)Cc1cc(OC(C)=O)ccc1-2. The lowest BCUT2D eigenvalue weighted by Crippen LogP contribution is -2.01. The van der Waals surface area contributed by atoms with Crippen LogP contribution in [0.4, 0.5) is 0 Å².